The van der Waals surface area contributed by atoms with Gasteiger partial charge >= 0.3 is 0 Å². The van der Waals surface area contributed by atoms with Crippen LogP contribution in [-0.2, 0) is 14.2 Å². The van der Waals surface area contributed by atoms with Crippen LogP contribution >= 0.6 is 12.2 Å². The Bertz CT molecular complexity index is 241. The van der Waals surface area contributed by atoms with Crippen LogP contribution in [0.25, 0.3) is 0 Å². The van der Waals surface area contributed by atoms with Crippen LogP contribution in [0.4, 0.5) is 0 Å². The number of nitrogens with one attached hydrogen (secondary N) is 1. The van der Waals surface area contributed by atoms with E-state index in [9.17, 15) is 0 Å². The third-order valence-corrected chi connectivity index (χ3v) is 3.46. The van der Waals surface area contributed by atoms with Gasteiger partial charge in [0.25, 0.3) is 0 Å². The van der Waals surface area contributed by atoms with E-state index in [-0.39, 0.29) is 12.2 Å². The third-order valence-electron chi connectivity index (χ3n) is 3.05. The number of hydrogen-bond donors (Lipinski definition) is 1. The Kier molecular flexibility index (Phi) is 7.50. The van der Waals surface area contributed by atoms with Crippen molar-refractivity contribution in [2.75, 3.05) is 47.1 Å². The minimum atomic E-state index is 0.0955. The van der Waals surface area contributed by atoms with Gasteiger partial charge in [-0.25, -0.2) is 0 Å². The molecular formula is C12H24N2O3S. The van der Waals surface area contributed by atoms with Gasteiger partial charge in [0.1, 0.15) is 12.2 Å². The van der Waals surface area contributed by atoms with Gasteiger partial charge in [-0.2, -0.15) is 0 Å². The van der Waals surface area contributed by atoms with Crippen molar-refractivity contribution in [1.82, 2.24) is 10.2 Å². The molecule has 0 amide bonds. The highest BCUT2D eigenvalue weighted by molar-refractivity contribution is 7.80. The third kappa shape index (κ3) is 4.68. The molecule has 1 rings (SSSR count). The molecule has 18 heavy (non-hydrogen) atoms. The van der Waals surface area contributed by atoms with Gasteiger partial charge < -0.3 is 24.4 Å². The fraction of sp³-hybridized carbons (Fsp3) is 0.917. The Hall–Kier alpha value is -0.430. The van der Waals surface area contributed by atoms with E-state index in [1.54, 1.807) is 14.2 Å². The maximum Gasteiger partial charge on any atom is 0.169 e. The highest BCUT2D eigenvalue weighted by Crippen LogP contribution is 2.15. The monoisotopic (exact) mass is 276 g/mol. The van der Waals surface area contributed by atoms with Crippen LogP contribution in [-0.4, -0.2) is 69.3 Å². The lowest BCUT2D eigenvalue weighted by Gasteiger charge is -2.20. The summed E-state index contributed by atoms with van der Waals surface area (Å²) in [6.45, 7) is 5.94. The molecule has 0 aliphatic carbocycles. The molecule has 1 aliphatic rings. The smallest absolute Gasteiger partial charge is 0.169 e. The number of methoxy groups -OCH3 is 2. The molecule has 0 aromatic heterocycles. The highest BCUT2D eigenvalue weighted by atomic mass is 32.1. The van der Waals surface area contributed by atoms with E-state index in [1.807, 2.05) is 6.92 Å². The first-order chi connectivity index (χ1) is 8.72. The average molecular weight is 276 g/mol. The van der Waals surface area contributed by atoms with Gasteiger partial charge in [-0.3, -0.25) is 0 Å². The number of rotatable bonds is 7. The van der Waals surface area contributed by atoms with Crippen LogP contribution in [0.2, 0.25) is 0 Å². The Morgan fingerprint density at radius 3 is 2.39 bits per heavy atom. The standard InChI is InChI=1S/C12H24N2O3S/c1-4-17-7-5-6-13-12(18)14-8-10(15-2)11(9-14)16-3/h10-11H,4-9H2,1-3H3,(H,13,18). The molecule has 0 bridgehead atoms. The van der Waals surface area contributed by atoms with Gasteiger partial charge in [-0.1, -0.05) is 0 Å². The molecule has 1 N–H and O–H groups in total. The summed E-state index contributed by atoms with van der Waals surface area (Å²) in [6.07, 6.45) is 1.15. The van der Waals surface area contributed by atoms with E-state index in [0.717, 1.165) is 44.4 Å². The first-order valence-electron chi connectivity index (χ1n) is 6.39. The molecule has 1 heterocycles. The summed E-state index contributed by atoms with van der Waals surface area (Å²) in [5.74, 6) is 0. The molecule has 1 fully saturated rings. The Balaban J connectivity index is 2.22. The second kappa shape index (κ2) is 8.63. The molecule has 2 atom stereocenters. The molecule has 1 saturated heterocycles. The van der Waals surface area contributed by atoms with E-state index in [2.05, 4.69) is 10.2 Å². The van der Waals surface area contributed by atoms with E-state index in [0.29, 0.717) is 0 Å². The lowest BCUT2D eigenvalue weighted by atomic mass is 10.3. The highest BCUT2D eigenvalue weighted by Gasteiger charge is 2.33. The summed E-state index contributed by atoms with van der Waals surface area (Å²) in [5.41, 5.74) is 0. The fourth-order valence-electron chi connectivity index (χ4n) is 1.99. The summed E-state index contributed by atoms with van der Waals surface area (Å²) < 4.78 is 16.0. The van der Waals surface area contributed by atoms with Crippen LogP contribution in [0.15, 0.2) is 0 Å². The SMILES string of the molecule is CCOCCCNC(=S)N1CC(OC)C(OC)C1. The van der Waals surface area contributed by atoms with Crippen molar-refractivity contribution in [3.63, 3.8) is 0 Å². The predicted octanol–water partition coefficient (Wildman–Crippen LogP) is 0.633. The zero-order valence-electron chi connectivity index (χ0n) is 11.5. The average Bonchev–Trinajstić information content (AvgIpc) is 2.81. The van der Waals surface area contributed by atoms with E-state index in [1.165, 1.54) is 0 Å². The van der Waals surface area contributed by atoms with Crippen molar-refractivity contribution in [3.8, 4) is 0 Å². The number of thiocarbonyl (C=S) groups is 1. The van der Waals surface area contributed by atoms with Crippen molar-refractivity contribution in [3.05, 3.63) is 0 Å². The number of nitrogens with zero attached hydrogens (tertiary/aromatic N) is 1. The van der Waals surface area contributed by atoms with Crippen molar-refractivity contribution in [1.29, 1.82) is 0 Å². The van der Waals surface area contributed by atoms with Crippen molar-refractivity contribution < 1.29 is 14.2 Å². The number of hydrogen-bond acceptors (Lipinski definition) is 4. The summed E-state index contributed by atoms with van der Waals surface area (Å²) in [5, 5.41) is 4.01. The molecule has 0 spiro atoms. The van der Waals surface area contributed by atoms with Gasteiger partial charge in [-0.05, 0) is 25.6 Å². The molecule has 5 nitrogen and oxygen atoms in total. The zero-order chi connectivity index (χ0) is 13.4. The largest absolute Gasteiger partial charge is 0.382 e. The van der Waals surface area contributed by atoms with E-state index >= 15 is 0 Å². The summed E-state index contributed by atoms with van der Waals surface area (Å²) >= 11 is 5.36. The molecule has 1 aliphatic heterocycles. The first kappa shape index (κ1) is 15.6. The zero-order valence-corrected chi connectivity index (χ0v) is 12.3. The minimum Gasteiger partial charge on any atom is -0.382 e. The Labute approximate surface area is 115 Å². The second-order valence-corrected chi connectivity index (χ2v) is 4.62. The summed E-state index contributed by atoms with van der Waals surface area (Å²) in [4.78, 5) is 2.10. The maximum atomic E-state index is 5.38. The molecular weight excluding hydrogens is 252 g/mol. The van der Waals surface area contributed by atoms with Gasteiger partial charge in [0.05, 0.1) is 0 Å². The molecule has 2 unspecified atom stereocenters. The lowest BCUT2D eigenvalue weighted by molar-refractivity contribution is -0.00461. The normalized spacial score (nSPS) is 23.4. The first-order valence-corrected chi connectivity index (χ1v) is 6.79. The van der Waals surface area contributed by atoms with Gasteiger partial charge in [-0.15, -0.1) is 0 Å². The van der Waals surface area contributed by atoms with Crippen LogP contribution < -0.4 is 5.32 Å². The van der Waals surface area contributed by atoms with Gasteiger partial charge in [0, 0.05) is 47.1 Å². The minimum absolute atomic E-state index is 0.0955. The van der Waals surface area contributed by atoms with Crippen molar-refractivity contribution >= 4 is 17.3 Å². The van der Waals surface area contributed by atoms with E-state index < -0.39 is 0 Å². The fourth-order valence-corrected chi connectivity index (χ4v) is 2.24. The quantitative estimate of drug-likeness (QED) is 0.543. The maximum absolute atomic E-state index is 5.38. The topological polar surface area (TPSA) is 43.0 Å². The van der Waals surface area contributed by atoms with Crippen LogP contribution in [0.1, 0.15) is 13.3 Å². The van der Waals surface area contributed by atoms with Crippen molar-refractivity contribution in [2.45, 2.75) is 25.6 Å². The second-order valence-electron chi connectivity index (χ2n) is 4.24. The van der Waals surface area contributed by atoms with Crippen LogP contribution in [0.5, 0.6) is 0 Å². The summed E-state index contributed by atoms with van der Waals surface area (Å²) in [6, 6.07) is 0. The van der Waals surface area contributed by atoms with Gasteiger partial charge in [0.15, 0.2) is 5.11 Å². The Morgan fingerprint density at radius 2 is 1.89 bits per heavy atom. The van der Waals surface area contributed by atoms with Crippen LogP contribution in [0, 0.1) is 0 Å². The number of likely N-dealkylation sites (tertiary alicyclic amines) is 1. The molecule has 0 radical (unpaired) electrons. The predicted molar refractivity (Wildman–Crippen MR) is 74.9 cm³/mol. The van der Waals surface area contributed by atoms with Crippen molar-refractivity contribution in [2.24, 2.45) is 0 Å². The summed E-state index contributed by atoms with van der Waals surface area (Å²) in [7, 11) is 3.41. The molecule has 0 aromatic rings. The van der Waals surface area contributed by atoms with Gasteiger partial charge in [0.2, 0.25) is 0 Å². The number of ether oxygens (including phenoxy) is 3. The molecule has 6 heteroatoms. The Morgan fingerprint density at radius 1 is 1.28 bits per heavy atom. The van der Waals surface area contributed by atoms with E-state index in [4.69, 9.17) is 26.4 Å². The van der Waals surface area contributed by atoms with Crippen LogP contribution in [0.3, 0.4) is 0 Å². The molecule has 106 valence electrons. The molecule has 0 saturated carbocycles. The lowest BCUT2D eigenvalue weighted by Crippen LogP contribution is -2.39. The molecule has 0 aromatic carbocycles.